The van der Waals surface area contributed by atoms with Crippen molar-refractivity contribution in [2.45, 2.75) is 40.5 Å². The molecule has 0 aromatic carbocycles. The van der Waals surface area contributed by atoms with Gasteiger partial charge >= 0.3 is 0 Å². The molecule has 0 nitrogen and oxygen atoms in total. The fraction of sp³-hybridized carbons (Fsp3) is 0.818. The number of hydrogen-bond donors (Lipinski definition) is 0. The molecule has 0 saturated heterocycles. The summed E-state index contributed by atoms with van der Waals surface area (Å²) in [6.45, 7) is 9.30. The molecule has 1 aliphatic rings. The van der Waals surface area contributed by atoms with E-state index < -0.39 is 0 Å². The third kappa shape index (κ3) is 1.85. The van der Waals surface area contributed by atoms with E-state index in [4.69, 9.17) is 0 Å². The highest BCUT2D eigenvalue weighted by atomic mass is 14.3. The van der Waals surface area contributed by atoms with Crippen molar-refractivity contribution in [1.29, 1.82) is 0 Å². The molecule has 64 valence electrons. The smallest absolute Gasteiger partial charge is 0.0175 e. The van der Waals surface area contributed by atoms with Gasteiger partial charge in [-0.25, -0.2) is 0 Å². The Hall–Kier alpha value is -0.260. The van der Waals surface area contributed by atoms with Crippen LogP contribution in [0.5, 0.6) is 0 Å². The van der Waals surface area contributed by atoms with Gasteiger partial charge in [0.1, 0.15) is 0 Å². The average molecular weight is 152 g/mol. The monoisotopic (exact) mass is 152 g/mol. The van der Waals surface area contributed by atoms with Crippen molar-refractivity contribution < 1.29 is 0 Å². The van der Waals surface area contributed by atoms with E-state index in [9.17, 15) is 0 Å². The highest BCUT2D eigenvalue weighted by Gasteiger charge is 2.23. The summed E-state index contributed by atoms with van der Waals surface area (Å²) in [6, 6.07) is 0. The van der Waals surface area contributed by atoms with Crippen molar-refractivity contribution in [3.63, 3.8) is 0 Å². The molecular weight excluding hydrogens is 132 g/mol. The first-order valence-corrected chi connectivity index (χ1v) is 4.83. The Morgan fingerprint density at radius 2 is 1.91 bits per heavy atom. The molecule has 0 fully saturated rings. The predicted molar refractivity (Wildman–Crippen MR) is 50.5 cm³/mol. The Morgan fingerprint density at radius 1 is 1.27 bits per heavy atom. The van der Waals surface area contributed by atoms with Crippen LogP contribution >= 0.6 is 0 Å². The molecule has 0 heteroatoms. The van der Waals surface area contributed by atoms with Crippen molar-refractivity contribution in [3.8, 4) is 0 Å². The Kier molecular flexibility index (Phi) is 2.75. The van der Waals surface area contributed by atoms with Crippen molar-refractivity contribution in [1.82, 2.24) is 0 Å². The van der Waals surface area contributed by atoms with Gasteiger partial charge in [0.05, 0.1) is 0 Å². The lowest BCUT2D eigenvalue weighted by Crippen LogP contribution is -2.11. The SMILES string of the molecule is CC(C)C1=CCCC1C(C)C. The quantitative estimate of drug-likeness (QED) is 0.530. The predicted octanol–water partition coefficient (Wildman–Crippen LogP) is 3.63. The van der Waals surface area contributed by atoms with Crippen LogP contribution < -0.4 is 0 Å². The van der Waals surface area contributed by atoms with E-state index >= 15 is 0 Å². The molecule has 0 heterocycles. The minimum absolute atomic E-state index is 0.768. The van der Waals surface area contributed by atoms with E-state index in [1.807, 2.05) is 0 Å². The number of hydrogen-bond acceptors (Lipinski definition) is 0. The molecule has 1 rings (SSSR count). The van der Waals surface area contributed by atoms with E-state index in [2.05, 4.69) is 33.8 Å². The van der Waals surface area contributed by atoms with Gasteiger partial charge in [0.25, 0.3) is 0 Å². The van der Waals surface area contributed by atoms with Gasteiger partial charge in [-0.2, -0.15) is 0 Å². The fourth-order valence-electron chi connectivity index (χ4n) is 2.13. The van der Waals surface area contributed by atoms with Crippen molar-refractivity contribution in [2.75, 3.05) is 0 Å². The van der Waals surface area contributed by atoms with Crippen molar-refractivity contribution in [2.24, 2.45) is 17.8 Å². The Balaban J connectivity index is 2.63. The lowest BCUT2D eigenvalue weighted by atomic mass is 9.84. The summed E-state index contributed by atoms with van der Waals surface area (Å²) in [7, 11) is 0. The van der Waals surface area contributed by atoms with Crippen LogP contribution in [0.3, 0.4) is 0 Å². The van der Waals surface area contributed by atoms with E-state index in [0.717, 1.165) is 17.8 Å². The summed E-state index contributed by atoms with van der Waals surface area (Å²) >= 11 is 0. The van der Waals surface area contributed by atoms with Crippen LogP contribution in [0, 0.1) is 17.8 Å². The molecule has 0 amide bonds. The first kappa shape index (κ1) is 8.83. The van der Waals surface area contributed by atoms with Crippen molar-refractivity contribution >= 4 is 0 Å². The van der Waals surface area contributed by atoms with E-state index in [-0.39, 0.29) is 0 Å². The number of allylic oxidation sites excluding steroid dienone is 2. The zero-order chi connectivity index (χ0) is 8.43. The third-order valence-corrected chi connectivity index (χ3v) is 2.76. The third-order valence-electron chi connectivity index (χ3n) is 2.76. The van der Waals surface area contributed by atoms with Crippen LogP contribution in [-0.4, -0.2) is 0 Å². The van der Waals surface area contributed by atoms with E-state index in [0.29, 0.717) is 0 Å². The van der Waals surface area contributed by atoms with Gasteiger partial charge in [-0.1, -0.05) is 39.3 Å². The summed E-state index contributed by atoms with van der Waals surface area (Å²) in [5, 5.41) is 0. The topological polar surface area (TPSA) is 0 Å². The maximum atomic E-state index is 2.45. The minimum Gasteiger partial charge on any atom is -0.0848 e. The standard InChI is InChI=1S/C11H20/c1-8(2)10-6-5-7-11(10)9(3)4/h6,8-9,11H,5,7H2,1-4H3. The molecular formula is C11H20. The molecule has 0 saturated carbocycles. The van der Waals surface area contributed by atoms with Gasteiger partial charge in [0.2, 0.25) is 0 Å². The zero-order valence-electron chi connectivity index (χ0n) is 8.22. The van der Waals surface area contributed by atoms with Gasteiger partial charge in [-0.3, -0.25) is 0 Å². The molecule has 0 bridgehead atoms. The largest absolute Gasteiger partial charge is 0.0848 e. The van der Waals surface area contributed by atoms with Crippen LogP contribution in [0.1, 0.15) is 40.5 Å². The molecule has 0 spiro atoms. The highest BCUT2D eigenvalue weighted by Crippen LogP contribution is 2.35. The van der Waals surface area contributed by atoms with Crippen LogP contribution in [0.2, 0.25) is 0 Å². The second kappa shape index (κ2) is 3.42. The molecule has 0 aromatic rings. The molecule has 0 radical (unpaired) electrons. The van der Waals surface area contributed by atoms with E-state index in [1.165, 1.54) is 12.8 Å². The maximum absolute atomic E-state index is 2.45. The molecule has 1 unspecified atom stereocenters. The number of rotatable bonds is 2. The minimum atomic E-state index is 0.768. The van der Waals surface area contributed by atoms with Crippen LogP contribution in [0.15, 0.2) is 11.6 Å². The summed E-state index contributed by atoms with van der Waals surface area (Å²) in [6.07, 6.45) is 5.16. The second-order valence-corrected chi connectivity index (χ2v) is 4.29. The van der Waals surface area contributed by atoms with E-state index in [1.54, 1.807) is 5.57 Å². The Bertz CT molecular complexity index is 151. The molecule has 1 atom stereocenters. The van der Waals surface area contributed by atoms with Crippen molar-refractivity contribution in [3.05, 3.63) is 11.6 Å². The molecule has 1 aliphatic carbocycles. The second-order valence-electron chi connectivity index (χ2n) is 4.29. The molecule has 0 aromatic heterocycles. The zero-order valence-corrected chi connectivity index (χ0v) is 8.22. The lowest BCUT2D eigenvalue weighted by Gasteiger charge is -2.21. The van der Waals surface area contributed by atoms with Crippen LogP contribution in [0.4, 0.5) is 0 Å². The average Bonchev–Trinajstić information content (AvgIpc) is 2.32. The molecule has 0 N–H and O–H groups in total. The first-order chi connectivity index (χ1) is 5.13. The highest BCUT2D eigenvalue weighted by molar-refractivity contribution is 5.15. The van der Waals surface area contributed by atoms with Crippen LogP contribution in [-0.2, 0) is 0 Å². The van der Waals surface area contributed by atoms with Gasteiger partial charge in [-0.15, -0.1) is 0 Å². The normalized spacial score (nSPS) is 24.9. The molecule has 0 aliphatic heterocycles. The lowest BCUT2D eigenvalue weighted by molar-refractivity contribution is 0.413. The summed E-state index contributed by atoms with van der Waals surface area (Å²) in [4.78, 5) is 0. The van der Waals surface area contributed by atoms with Gasteiger partial charge in [-0.05, 0) is 30.6 Å². The molecule has 11 heavy (non-hydrogen) atoms. The Labute approximate surface area is 70.7 Å². The summed E-state index contributed by atoms with van der Waals surface area (Å²) in [5.74, 6) is 2.49. The van der Waals surface area contributed by atoms with Gasteiger partial charge in [0.15, 0.2) is 0 Å². The fourth-order valence-corrected chi connectivity index (χ4v) is 2.13. The van der Waals surface area contributed by atoms with Crippen LogP contribution in [0.25, 0.3) is 0 Å². The van der Waals surface area contributed by atoms with Gasteiger partial charge < -0.3 is 0 Å². The Morgan fingerprint density at radius 3 is 2.27 bits per heavy atom. The summed E-state index contributed by atoms with van der Waals surface area (Å²) in [5.41, 5.74) is 1.71. The first-order valence-electron chi connectivity index (χ1n) is 4.83. The van der Waals surface area contributed by atoms with Gasteiger partial charge in [0, 0.05) is 0 Å². The maximum Gasteiger partial charge on any atom is -0.0175 e. The summed E-state index contributed by atoms with van der Waals surface area (Å²) < 4.78 is 0.